The fourth-order valence-electron chi connectivity index (χ4n) is 1.20. The van der Waals surface area contributed by atoms with Gasteiger partial charge in [-0.25, -0.2) is 0 Å². The van der Waals surface area contributed by atoms with Crippen molar-refractivity contribution in [2.24, 2.45) is 0 Å². The minimum absolute atomic E-state index is 0.232. The van der Waals surface area contributed by atoms with Gasteiger partial charge in [-0.15, -0.1) is 25.0 Å². The molecule has 0 atom stereocenters. The fraction of sp³-hybridized carbons (Fsp3) is 0.333. The Morgan fingerprint density at radius 3 is 2.76 bits per heavy atom. The SMILES string of the molecule is CC#CCCNc1cccc(OC(F)(F)F)c1. The molecule has 0 unspecified atom stereocenters. The van der Waals surface area contributed by atoms with E-state index in [1.165, 1.54) is 18.2 Å². The molecule has 17 heavy (non-hydrogen) atoms. The molecule has 0 heterocycles. The first-order chi connectivity index (χ1) is 8.01. The molecule has 0 aliphatic rings. The van der Waals surface area contributed by atoms with Crippen LogP contribution >= 0.6 is 0 Å². The summed E-state index contributed by atoms with van der Waals surface area (Å²) in [5, 5.41) is 2.96. The van der Waals surface area contributed by atoms with E-state index in [-0.39, 0.29) is 5.75 Å². The summed E-state index contributed by atoms with van der Waals surface area (Å²) >= 11 is 0. The van der Waals surface area contributed by atoms with Gasteiger partial charge in [-0.05, 0) is 19.1 Å². The molecule has 5 heteroatoms. The smallest absolute Gasteiger partial charge is 0.406 e. The second-order valence-electron chi connectivity index (χ2n) is 3.18. The number of rotatable bonds is 4. The lowest BCUT2D eigenvalue weighted by Crippen LogP contribution is -2.17. The largest absolute Gasteiger partial charge is 0.573 e. The molecule has 1 rings (SSSR count). The van der Waals surface area contributed by atoms with E-state index in [9.17, 15) is 13.2 Å². The van der Waals surface area contributed by atoms with Crippen molar-refractivity contribution in [1.29, 1.82) is 0 Å². The van der Waals surface area contributed by atoms with Crippen LogP contribution in [0.3, 0.4) is 0 Å². The van der Waals surface area contributed by atoms with Crippen LogP contribution in [0, 0.1) is 11.8 Å². The standard InChI is InChI=1S/C12H12F3NO/c1-2-3-4-8-16-10-6-5-7-11(9-10)17-12(13,14)15/h5-7,9,16H,4,8H2,1H3. The Kier molecular flexibility index (Phi) is 4.70. The van der Waals surface area contributed by atoms with Gasteiger partial charge in [0, 0.05) is 24.7 Å². The van der Waals surface area contributed by atoms with Crippen molar-refractivity contribution in [3.63, 3.8) is 0 Å². The summed E-state index contributed by atoms with van der Waals surface area (Å²) in [5.41, 5.74) is 0.574. The number of hydrogen-bond acceptors (Lipinski definition) is 2. The lowest BCUT2D eigenvalue weighted by molar-refractivity contribution is -0.274. The Hall–Kier alpha value is -1.83. The molecule has 92 valence electrons. The molecule has 0 saturated carbocycles. The Morgan fingerprint density at radius 1 is 1.35 bits per heavy atom. The number of alkyl halides is 3. The van der Waals surface area contributed by atoms with Crippen molar-refractivity contribution < 1.29 is 17.9 Å². The molecule has 0 bridgehead atoms. The summed E-state index contributed by atoms with van der Waals surface area (Å²) in [7, 11) is 0. The van der Waals surface area contributed by atoms with E-state index < -0.39 is 6.36 Å². The van der Waals surface area contributed by atoms with E-state index in [1.54, 1.807) is 13.0 Å². The number of halogens is 3. The predicted molar refractivity (Wildman–Crippen MR) is 59.7 cm³/mol. The van der Waals surface area contributed by atoms with Crippen LogP contribution in [0.4, 0.5) is 18.9 Å². The van der Waals surface area contributed by atoms with Crippen molar-refractivity contribution in [2.45, 2.75) is 19.7 Å². The van der Waals surface area contributed by atoms with Crippen molar-refractivity contribution >= 4 is 5.69 Å². The Labute approximate surface area is 97.8 Å². The lowest BCUT2D eigenvalue weighted by Gasteiger charge is -2.10. The van der Waals surface area contributed by atoms with Gasteiger partial charge in [0.05, 0.1) is 0 Å². The fourth-order valence-corrected chi connectivity index (χ4v) is 1.20. The molecule has 0 amide bonds. The molecule has 0 aliphatic carbocycles. The molecule has 0 aliphatic heterocycles. The molecular formula is C12H12F3NO. The van der Waals surface area contributed by atoms with Crippen molar-refractivity contribution in [1.82, 2.24) is 0 Å². The monoisotopic (exact) mass is 243 g/mol. The summed E-state index contributed by atoms with van der Waals surface area (Å²) in [4.78, 5) is 0. The van der Waals surface area contributed by atoms with E-state index in [4.69, 9.17) is 0 Å². The maximum absolute atomic E-state index is 12.0. The normalized spacial score (nSPS) is 10.4. The average molecular weight is 243 g/mol. The summed E-state index contributed by atoms with van der Waals surface area (Å²) in [5.74, 6) is 5.35. The van der Waals surface area contributed by atoms with Gasteiger partial charge in [0.15, 0.2) is 0 Å². The third-order valence-corrected chi connectivity index (χ3v) is 1.82. The van der Waals surface area contributed by atoms with Crippen LogP contribution in [0.2, 0.25) is 0 Å². The quantitative estimate of drug-likeness (QED) is 0.646. The van der Waals surface area contributed by atoms with Crippen molar-refractivity contribution in [2.75, 3.05) is 11.9 Å². The minimum Gasteiger partial charge on any atom is -0.406 e. The first-order valence-electron chi connectivity index (χ1n) is 5.00. The highest BCUT2D eigenvalue weighted by molar-refractivity contribution is 5.48. The zero-order chi connectivity index (χ0) is 12.7. The molecule has 2 nitrogen and oxygen atoms in total. The Bertz CT molecular complexity index is 418. The number of ether oxygens (including phenoxy) is 1. The molecule has 0 fully saturated rings. The maximum atomic E-state index is 12.0. The third-order valence-electron chi connectivity index (χ3n) is 1.82. The number of hydrogen-bond donors (Lipinski definition) is 1. The van der Waals surface area contributed by atoms with Crippen LogP contribution in [0.15, 0.2) is 24.3 Å². The molecule has 1 aromatic rings. The van der Waals surface area contributed by atoms with Crippen LogP contribution in [-0.2, 0) is 0 Å². The molecule has 0 aromatic heterocycles. The summed E-state index contributed by atoms with van der Waals surface area (Å²) < 4.78 is 39.7. The zero-order valence-corrected chi connectivity index (χ0v) is 9.27. The van der Waals surface area contributed by atoms with Gasteiger partial charge in [0.1, 0.15) is 5.75 Å². The van der Waals surface area contributed by atoms with Crippen LogP contribution in [0.1, 0.15) is 13.3 Å². The van der Waals surface area contributed by atoms with E-state index >= 15 is 0 Å². The molecule has 0 spiro atoms. The average Bonchev–Trinajstić information content (AvgIpc) is 2.23. The van der Waals surface area contributed by atoms with Crippen molar-refractivity contribution in [3.05, 3.63) is 24.3 Å². The van der Waals surface area contributed by atoms with Gasteiger partial charge < -0.3 is 10.1 Å². The van der Waals surface area contributed by atoms with Crippen molar-refractivity contribution in [3.8, 4) is 17.6 Å². The second-order valence-corrected chi connectivity index (χ2v) is 3.18. The Balaban J connectivity index is 2.55. The van der Waals surface area contributed by atoms with Gasteiger partial charge in [0.25, 0.3) is 0 Å². The molecule has 0 saturated heterocycles. The lowest BCUT2D eigenvalue weighted by atomic mass is 10.3. The predicted octanol–water partition coefficient (Wildman–Crippen LogP) is 3.41. The number of anilines is 1. The topological polar surface area (TPSA) is 21.3 Å². The molecule has 1 aromatic carbocycles. The third kappa shape index (κ3) is 5.71. The zero-order valence-electron chi connectivity index (χ0n) is 9.27. The number of benzene rings is 1. The van der Waals surface area contributed by atoms with Crippen LogP contribution in [0.25, 0.3) is 0 Å². The molecule has 0 radical (unpaired) electrons. The Morgan fingerprint density at radius 2 is 2.12 bits per heavy atom. The van der Waals surface area contributed by atoms with Gasteiger partial charge in [-0.1, -0.05) is 6.07 Å². The first-order valence-corrected chi connectivity index (χ1v) is 5.00. The van der Waals surface area contributed by atoms with Gasteiger partial charge in [-0.3, -0.25) is 0 Å². The summed E-state index contributed by atoms with van der Waals surface area (Å²) in [6, 6.07) is 5.72. The van der Waals surface area contributed by atoms with Crippen LogP contribution in [-0.4, -0.2) is 12.9 Å². The van der Waals surface area contributed by atoms with Gasteiger partial charge in [-0.2, -0.15) is 0 Å². The van der Waals surface area contributed by atoms with Gasteiger partial charge in [0.2, 0.25) is 0 Å². The van der Waals surface area contributed by atoms with Gasteiger partial charge >= 0.3 is 6.36 Å². The minimum atomic E-state index is -4.66. The van der Waals surface area contributed by atoms with E-state index in [1.807, 2.05) is 0 Å². The molecular weight excluding hydrogens is 231 g/mol. The molecule has 1 N–H and O–H groups in total. The first kappa shape index (κ1) is 13.2. The summed E-state index contributed by atoms with van der Waals surface area (Å²) in [6.07, 6.45) is -4.02. The highest BCUT2D eigenvalue weighted by atomic mass is 19.4. The van der Waals surface area contributed by atoms with Crippen LogP contribution in [0.5, 0.6) is 5.75 Å². The van der Waals surface area contributed by atoms with E-state index in [2.05, 4.69) is 21.9 Å². The number of nitrogens with one attached hydrogen (secondary N) is 1. The second kappa shape index (κ2) is 6.04. The van der Waals surface area contributed by atoms with Crippen LogP contribution < -0.4 is 10.1 Å². The summed E-state index contributed by atoms with van der Waals surface area (Å²) in [6.45, 7) is 2.31. The highest BCUT2D eigenvalue weighted by Gasteiger charge is 2.31. The highest BCUT2D eigenvalue weighted by Crippen LogP contribution is 2.24. The van der Waals surface area contributed by atoms with E-state index in [0.29, 0.717) is 18.7 Å². The maximum Gasteiger partial charge on any atom is 0.573 e. The van der Waals surface area contributed by atoms with E-state index in [0.717, 1.165) is 0 Å².